The smallest absolute Gasteiger partial charge is 0.237 e. The van der Waals surface area contributed by atoms with Gasteiger partial charge in [-0.2, -0.15) is 0 Å². The van der Waals surface area contributed by atoms with E-state index in [2.05, 4.69) is 15.3 Å². The average molecular weight is 292 g/mol. The third kappa shape index (κ3) is 3.67. The number of hydrogen-bond acceptors (Lipinski definition) is 5. The maximum atomic E-state index is 13.0. The van der Waals surface area contributed by atoms with Crippen LogP contribution in [0.2, 0.25) is 0 Å². The zero-order chi connectivity index (χ0) is 14.5. The normalized spacial score (nSPS) is 11.9. The summed E-state index contributed by atoms with van der Waals surface area (Å²) in [5, 5.41) is 2.97. The molecule has 0 fully saturated rings. The predicted molar refractivity (Wildman–Crippen MR) is 76.8 cm³/mol. The van der Waals surface area contributed by atoms with Gasteiger partial charge >= 0.3 is 0 Å². The Labute approximate surface area is 119 Å². The lowest BCUT2D eigenvalue weighted by Gasteiger charge is -2.11. The molecule has 0 saturated heterocycles. The summed E-state index contributed by atoms with van der Waals surface area (Å²) in [5.74, 6) is -0.725. The van der Waals surface area contributed by atoms with Crippen molar-refractivity contribution in [2.45, 2.75) is 17.2 Å². The SMILES string of the molecule is CC(Sc1cnccn1)C(=O)Nc1ccc(F)c(N)c1. The van der Waals surface area contributed by atoms with Crippen LogP contribution < -0.4 is 11.1 Å². The first kappa shape index (κ1) is 14.3. The zero-order valence-electron chi connectivity index (χ0n) is 10.7. The number of thioether (sulfide) groups is 1. The molecule has 2 rings (SSSR count). The molecule has 1 unspecified atom stereocenters. The predicted octanol–water partition coefficient (Wildman–Crippen LogP) is 2.32. The van der Waals surface area contributed by atoms with Gasteiger partial charge in [-0.25, -0.2) is 9.37 Å². The molecule has 0 spiro atoms. The van der Waals surface area contributed by atoms with Gasteiger partial charge in [0.25, 0.3) is 0 Å². The summed E-state index contributed by atoms with van der Waals surface area (Å²) < 4.78 is 13.0. The molecule has 0 radical (unpaired) electrons. The number of nitrogens with one attached hydrogen (secondary N) is 1. The molecule has 0 aliphatic heterocycles. The van der Waals surface area contributed by atoms with E-state index in [1.807, 2.05) is 0 Å². The summed E-state index contributed by atoms with van der Waals surface area (Å²) in [7, 11) is 0. The van der Waals surface area contributed by atoms with Gasteiger partial charge in [0, 0.05) is 18.1 Å². The van der Waals surface area contributed by atoms with Crippen LogP contribution in [-0.4, -0.2) is 21.1 Å². The van der Waals surface area contributed by atoms with Gasteiger partial charge in [-0.3, -0.25) is 9.78 Å². The Morgan fingerprint density at radius 1 is 1.45 bits per heavy atom. The Bertz CT molecular complexity index is 609. The summed E-state index contributed by atoms with van der Waals surface area (Å²) in [6.45, 7) is 1.75. The number of halogens is 1. The van der Waals surface area contributed by atoms with Crippen LogP contribution in [0.25, 0.3) is 0 Å². The van der Waals surface area contributed by atoms with Crippen molar-refractivity contribution in [2.24, 2.45) is 0 Å². The molecule has 1 heterocycles. The topological polar surface area (TPSA) is 80.9 Å². The molecular weight excluding hydrogens is 279 g/mol. The second-order valence-corrected chi connectivity index (χ2v) is 5.39. The Balaban J connectivity index is 1.99. The number of carbonyl (C=O) groups excluding carboxylic acids is 1. The number of amides is 1. The maximum absolute atomic E-state index is 13.0. The van der Waals surface area contributed by atoms with E-state index < -0.39 is 5.82 Å². The zero-order valence-corrected chi connectivity index (χ0v) is 11.5. The van der Waals surface area contributed by atoms with Crippen LogP contribution >= 0.6 is 11.8 Å². The number of nitrogen functional groups attached to an aromatic ring is 1. The fourth-order valence-electron chi connectivity index (χ4n) is 1.45. The maximum Gasteiger partial charge on any atom is 0.237 e. The minimum Gasteiger partial charge on any atom is -0.396 e. The van der Waals surface area contributed by atoms with E-state index in [9.17, 15) is 9.18 Å². The van der Waals surface area contributed by atoms with E-state index in [1.165, 1.54) is 30.0 Å². The first-order chi connectivity index (χ1) is 9.56. The van der Waals surface area contributed by atoms with Crippen molar-refractivity contribution in [1.29, 1.82) is 0 Å². The number of hydrogen-bond donors (Lipinski definition) is 2. The minimum atomic E-state index is -0.509. The Kier molecular flexibility index (Phi) is 4.52. The monoisotopic (exact) mass is 292 g/mol. The lowest BCUT2D eigenvalue weighted by Crippen LogP contribution is -2.22. The molecule has 1 atom stereocenters. The molecule has 1 aromatic carbocycles. The highest BCUT2D eigenvalue weighted by Crippen LogP contribution is 2.22. The van der Waals surface area contributed by atoms with E-state index in [4.69, 9.17) is 5.73 Å². The minimum absolute atomic E-state index is 0.00275. The van der Waals surface area contributed by atoms with E-state index in [0.717, 1.165) is 0 Å². The molecule has 2 aromatic rings. The van der Waals surface area contributed by atoms with E-state index in [0.29, 0.717) is 10.7 Å². The lowest BCUT2D eigenvalue weighted by molar-refractivity contribution is -0.115. The van der Waals surface area contributed by atoms with Crippen molar-refractivity contribution in [1.82, 2.24) is 9.97 Å². The van der Waals surface area contributed by atoms with Gasteiger partial charge in [0.2, 0.25) is 5.91 Å². The van der Waals surface area contributed by atoms with Gasteiger partial charge in [0.05, 0.1) is 17.1 Å². The van der Waals surface area contributed by atoms with Crippen LogP contribution in [0.4, 0.5) is 15.8 Å². The van der Waals surface area contributed by atoms with E-state index in [1.54, 1.807) is 25.5 Å². The molecule has 104 valence electrons. The van der Waals surface area contributed by atoms with Crippen LogP contribution in [0, 0.1) is 5.82 Å². The quantitative estimate of drug-likeness (QED) is 0.667. The molecule has 3 N–H and O–H groups in total. The highest BCUT2D eigenvalue weighted by Gasteiger charge is 2.15. The largest absolute Gasteiger partial charge is 0.396 e. The highest BCUT2D eigenvalue weighted by molar-refractivity contribution is 8.00. The van der Waals surface area contributed by atoms with Crippen molar-refractivity contribution in [3.05, 3.63) is 42.6 Å². The molecule has 7 heteroatoms. The second-order valence-electron chi connectivity index (χ2n) is 4.03. The molecule has 5 nitrogen and oxygen atoms in total. The number of aromatic nitrogens is 2. The van der Waals surface area contributed by atoms with Gasteiger partial charge in [-0.1, -0.05) is 11.8 Å². The number of benzene rings is 1. The third-order valence-electron chi connectivity index (χ3n) is 2.47. The Morgan fingerprint density at radius 3 is 2.90 bits per heavy atom. The van der Waals surface area contributed by atoms with Gasteiger partial charge in [-0.05, 0) is 25.1 Å². The number of carbonyl (C=O) groups is 1. The average Bonchev–Trinajstić information content (AvgIpc) is 2.44. The van der Waals surface area contributed by atoms with Crippen LogP contribution in [0.1, 0.15) is 6.92 Å². The Hall–Kier alpha value is -2.15. The summed E-state index contributed by atoms with van der Waals surface area (Å²) in [4.78, 5) is 20.0. The highest BCUT2D eigenvalue weighted by atomic mass is 32.2. The number of nitrogens with two attached hydrogens (primary N) is 1. The van der Waals surface area contributed by atoms with Crippen LogP contribution in [0.5, 0.6) is 0 Å². The van der Waals surface area contributed by atoms with E-state index >= 15 is 0 Å². The molecule has 0 aliphatic rings. The molecule has 1 aromatic heterocycles. The number of anilines is 2. The lowest BCUT2D eigenvalue weighted by atomic mass is 10.2. The summed E-state index contributed by atoms with van der Waals surface area (Å²) in [5.41, 5.74) is 5.90. The van der Waals surface area contributed by atoms with Crippen LogP contribution in [0.3, 0.4) is 0 Å². The standard InChI is InChI=1S/C13H13FN4OS/c1-8(20-12-7-16-4-5-17-12)13(19)18-9-2-3-10(14)11(15)6-9/h2-8H,15H2,1H3,(H,18,19). The molecular formula is C13H13FN4OS. The first-order valence-electron chi connectivity index (χ1n) is 5.85. The molecule has 0 aliphatic carbocycles. The van der Waals surface area contributed by atoms with Crippen molar-refractivity contribution in [2.75, 3.05) is 11.1 Å². The Morgan fingerprint density at radius 2 is 2.25 bits per heavy atom. The van der Waals surface area contributed by atoms with Gasteiger partial charge < -0.3 is 11.1 Å². The van der Waals surface area contributed by atoms with Gasteiger partial charge in [-0.15, -0.1) is 0 Å². The second kappa shape index (κ2) is 6.33. The van der Waals surface area contributed by atoms with Crippen molar-refractivity contribution in [3.8, 4) is 0 Å². The summed E-state index contributed by atoms with van der Waals surface area (Å²) in [6, 6.07) is 4.06. The summed E-state index contributed by atoms with van der Waals surface area (Å²) in [6.07, 6.45) is 4.72. The van der Waals surface area contributed by atoms with Gasteiger partial charge in [0.1, 0.15) is 10.8 Å². The number of nitrogens with zero attached hydrogens (tertiary/aromatic N) is 2. The van der Waals surface area contributed by atoms with Gasteiger partial charge in [0.15, 0.2) is 0 Å². The first-order valence-corrected chi connectivity index (χ1v) is 6.73. The molecule has 0 saturated carbocycles. The molecule has 0 bridgehead atoms. The van der Waals surface area contributed by atoms with Crippen LogP contribution in [-0.2, 0) is 4.79 Å². The van der Waals surface area contributed by atoms with Crippen molar-refractivity contribution < 1.29 is 9.18 Å². The summed E-state index contributed by atoms with van der Waals surface area (Å²) >= 11 is 1.29. The fraction of sp³-hybridized carbons (Fsp3) is 0.154. The molecule has 20 heavy (non-hydrogen) atoms. The van der Waals surface area contributed by atoms with Crippen molar-refractivity contribution >= 4 is 29.0 Å². The molecule has 1 amide bonds. The third-order valence-corrected chi connectivity index (χ3v) is 3.49. The fourth-order valence-corrected chi connectivity index (χ4v) is 2.22. The van der Waals surface area contributed by atoms with E-state index in [-0.39, 0.29) is 16.8 Å². The number of rotatable bonds is 4. The van der Waals surface area contributed by atoms with Crippen molar-refractivity contribution in [3.63, 3.8) is 0 Å². The van der Waals surface area contributed by atoms with Crippen LogP contribution in [0.15, 0.2) is 41.8 Å².